The minimum absolute atomic E-state index is 0.265. The average molecular weight is 258 g/mol. The molecule has 2 rings (SSSR count). The van der Waals surface area contributed by atoms with Crippen molar-refractivity contribution < 1.29 is 9.47 Å². The van der Waals surface area contributed by atoms with Crippen molar-refractivity contribution in [3.05, 3.63) is 53.7 Å². The average Bonchev–Trinajstić information content (AvgIpc) is 2.47. The van der Waals surface area contributed by atoms with E-state index in [0.29, 0.717) is 12.5 Å². The molecule has 0 bridgehead atoms. The van der Waals surface area contributed by atoms with Crippen LogP contribution in [0.15, 0.2) is 42.6 Å². The topological polar surface area (TPSA) is 57.4 Å². The first-order valence-corrected chi connectivity index (χ1v) is 6.23. The van der Waals surface area contributed by atoms with Crippen LogP contribution in [0.25, 0.3) is 0 Å². The molecule has 0 aliphatic carbocycles. The Kier molecular flexibility index (Phi) is 4.36. The minimum atomic E-state index is -0.265. The van der Waals surface area contributed by atoms with Gasteiger partial charge < -0.3 is 15.2 Å². The van der Waals surface area contributed by atoms with Crippen LogP contribution in [0.2, 0.25) is 0 Å². The smallest absolute Gasteiger partial charge is 0.218 e. The van der Waals surface area contributed by atoms with Gasteiger partial charge in [0.05, 0.1) is 19.8 Å². The van der Waals surface area contributed by atoms with Gasteiger partial charge in [0, 0.05) is 11.8 Å². The Morgan fingerprint density at radius 2 is 1.95 bits per heavy atom. The van der Waals surface area contributed by atoms with Gasteiger partial charge in [0.25, 0.3) is 0 Å². The van der Waals surface area contributed by atoms with Crippen molar-refractivity contribution in [3.63, 3.8) is 0 Å². The number of hydrogen-bond donors (Lipinski definition) is 1. The van der Waals surface area contributed by atoms with Crippen LogP contribution in [0.5, 0.6) is 11.6 Å². The summed E-state index contributed by atoms with van der Waals surface area (Å²) in [6, 6.07) is 11.3. The second-order valence-electron chi connectivity index (χ2n) is 4.08. The number of methoxy groups -OCH3 is 1. The molecule has 0 aliphatic rings. The van der Waals surface area contributed by atoms with E-state index >= 15 is 0 Å². The number of ether oxygens (including phenoxy) is 2. The lowest BCUT2D eigenvalue weighted by Gasteiger charge is -2.15. The largest absolute Gasteiger partial charge is 0.494 e. The minimum Gasteiger partial charge on any atom is -0.494 e. The van der Waals surface area contributed by atoms with Gasteiger partial charge in [0.2, 0.25) is 5.88 Å². The monoisotopic (exact) mass is 258 g/mol. The van der Waals surface area contributed by atoms with E-state index in [1.54, 1.807) is 13.3 Å². The highest BCUT2D eigenvalue weighted by Crippen LogP contribution is 2.27. The van der Waals surface area contributed by atoms with Gasteiger partial charge in [-0.25, -0.2) is 4.98 Å². The Balaban J connectivity index is 2.25. The molecular formula is C15H18N2O2. The van der Waals surface area contributed by atoms with Crippen LogP contribution < -0.4 is 15.2 Å². The molecule has 4 nitrogen and oxygen atoms in total. The molecule has 1 aromatic carbocycles. The summed E-state index contributed by atoms with van der Waals surface area (Å²) in [5.41, 5.74) is 8.12. The molecule has 1 heterocycles. The Morgan fingerprint density at radius 1 is 1.21 bits per heavy atom. The van der Waals surface area contributed by atoms with Crippen molar-refractivity contribution in [1.82, 2.24) is 4.98 Å². The molecule has 0 saturated heterocycles. The highest BCUT2D eigenvalue weighted by atomic mass is 16.5. The Labute approximate surface area is 113 Å². The predicted molar refractivity (Wildman–Crippen MR) is 74.4 cm³/mol. The maximum absolute atomic E-state index is 6.26. The number of hydrogen-bond acceptors (Lipinski definition) is 4. The molecule has 0 radical (unpaired) electrons. The summed E-state index contributed by atoms with van der Waals surface area (Å²) in [5.74, 6) is 1.40. The van der Waals surface area contributed by atoms with Gasteiger partial charge in [-0.1, -0.05) is 18.2 Å². The van der Waals surface area contributed by atoms with Gasteiger partial charge in [0.15, 0.2) is 0 Å². The van der Waals surface area contributed by atoms with Gasteiger partial charge in [-0.15, -0.1) is 0 Å². The van der Waals surface area contributed by atoms with Crippen LogP contribution in [0.4, 0.5) is 0 Å². The molecule has 1 unspecified atom stereocenters. The molecule has 19 heavy (non-hydrogen) atoms. The highest BCUT2D eigenvalue weighted by Gasteiger charge is 2.14. The fraction of sp³-hybridized carbons (Fsp3) is 0.267. The summed E-state index contributed by atoms with van der Waals surface area (Å²) in [5, 5.41) is 0. The molecule has 4 heteroatoms. The Hall–Kier alpha value is -2.07. The van der Waals surface area contributed by atoms with Crippen LogP contribution in [0.3, 0.4) is 0 Å². The van der Waals surface area contributed by atoms with Crippen LogP contribution in [0.1, 0.15) is 24.1 Å². The molecule has 100 valence electrons. The second-order valence-corrected chi connectivity index (χ2v) is 4.08. The van der Waals surface area contributed by atoms with Gasteiger partial charge in [0.1, 0.15) is 5.75 Å². The third kappa shape index (κ3) is 3.03. The summed E-state index contributed by atoms with van der Waals surface area (Å²) < 4.78 is 10.6. The van der Waals surface area contributed by atoms with E-state index in [2.05, 4.69) is 4.98 Å². The number of nitrogens with two attached hydrogens (primary N) is 1. The quantitative estimate of drug-likeness (QED) is 0.895. The number of benzene rings is 1. The normalized spacial score (nSPS) is 11.9. The molecule has 0 fully saturated rings. The van der Waals surface area contributed by atoms with Gasteiger partial charge in [-0.3, -0.25) is 0 Å². The maximum atomic E-state index is 6.26. The third-order valence-electron chi connectivity index (χ3n) is 2.88. The van der Waals surface area contributed by atoms with Gasteiger partial charge in [-0.2, -0.15) is 0 Å². The summed E-state index contributed by atoms with van der Waals surface area (Å²) in [6.45, 7) is 2.61. The summed E-state index contributed by atoms with van der Waals surface area (Å²) in [7, 11) is 1.59. The summed E-state index contributed by atoms with van der Waals surface area (Å²) in [6.07, 6.45) is 1.69. The van der Waals surface area contributed by atoms with Crippen molar-refractivity contribution in [3.8, 4) is 11.6 Å². The molecular weight excluding hydrogens is 240 g/mol. The fourth-order valence-corrected chi connectivity index (χ4v) is 1.93. The maximum Gasteiger partial charge on any atom is 0.218 e. The summed E-state index contributed by atoms with van der Waals surface area (Å²) >= 11 is 0. The standard InChI is InChI=1S/C15H18N2O2/c1-3-19-12-8-6-11(7-9-12)14(16)13-5-4-10-17-15(13)18-2/h4-10,14H,3,16H2,1-2H3. The number of pyridine rings is 1. The third-order valence-corrected chi connectivity index (χ3v) is 2.88. The number of rotatable bonds is 5. The fourth-order valence-electron chi connectivity index (χ4n) is 1.93. The van der Waals surface area contributed by atoms with Crippen molar-refractivity contribution in [1.29, 1.82) is 0 Å². The van der Waals surface area contributed by atoms with Crippen molar-refractivity contribution in [2.75, 3.05) is 13.7 Å². The lowest BCUT2D eigenvalue weighted by Crippen LogP contribution is -2.13. The summed E-state index contributed by atoms with van der Waals surface area (Å²) in [4.78, 5) is 4.16. The molecule has 2 N–H and O–H groups in total. The number of nitrogens with zero attached hydrogens (tertiary/aromatic N) is 1. The van der Waals surface area contributed by atoms with E-state index in [4.69, 9.17) is 15.2 Å². The Bertz CT molecular complexity index is 526. The van der Waals surface area contributed by atoms with E-state index in [1.165, 1.54) is 0 Å². The van der Waals surface area contributed by atoms with Crippen LogP contribution in [-0.4, -0.2) is 18.7 Å². The lowest BCUT2D eigenvalue weighted by molar-refractivity contribution is 0.340. The van der Waals surface area contributed by atoms with E-state index in [1.807, 2.05) is 43.3 Å². The highest BCUT2D eigenvalue weighted by molar-refractivity contribution is 5.38. The van der Waals surface area contributed by atoms with Crippen LogP contribution in [0, 0.1) is 0 Å². The van der Waals surface area contributed by atoms with Crippen LogP contribution >= 0.6 is 0 Å². The molecule has 0 amide bonds. The predicted octanol–water partition coefficient (Wildman–Crippen LogP) is 2.54. The van der Waals surface area contributed by atoms with Crippen molar-refractivity contribution >= 4 is 0 Å². The van der Waals surface area contributed by atoms with E-state index < -0.39 is 0 Å². The molecule has 1 atom stereocenters. The molecule has 0 spiro atoms. The molecule has 0 aliphatic heterocycles. The van der Waals surface area contributed by atoms with Gasteiger partial charge in [-0.05, 0) is 30.7 Å². The first-order chi connectivity index (χ1) is 9.26. The first-order valence-electron chi connectivity index (χ1n) is 6.23. The number of aromatic nitrogens is 1. The van der Waals surface area contributed by atoms with E-state index in [9.17, 15) is 0 Å². The van der Waals surface area contributed by atoms with Crippen LogP contribution in [-0.2, 0) is 0 Å². The van der Waals surface area contributed by atoms with Gasteiger partial charge >= 0.3 is 0 Å². The van der Waals surface area contributed by atoms with E-state index in [-0.39, 0.29) is 6.04 Å². The zero-order chi connectivity index (χ0) is 13.7. The Morgan fingerprint density at radius 3 is 2.58 bits per heavy atom. The lowest BCUT2D eigenvalue weighted by atomic mass is 10.0. The second kappa shape index (κ2) is 6.20. The van der Waals surface area contributed by atoms with Crippen molar-refractivity contribution in [2.24, 2.45) is 5.73 Å². The van der Waals surface area contributed by atoms with Crippen molar-refractivity contribution in [2.45, 2.75) is 13.0 Å². The molecule has 0 saturated carbocycles. The SMILES string of the molecule is CCOc1ccc(C(N)c2cccnc2OC)cc1. The first kappa shape index (κ1) is 13.4. The molecule has 1 aromatic heterocycles. The zero-order valence-corrected chi connectivity index (χ0v) is 11.2. The molecule has 2 aromatic rings. The zero-order valence-electron chi connectivity index (χ0n) is 11.2. The van der Waals surface area contributed by atoms with E-state index in [0.717, 1.165) is 16.9 Å².